The summed E-state index contributed by atoms with van der Waals surface area (Å²) in [6.07, 6.45) is -4.33. The van der Waals surface area contributed by atoms with E-state index in [1.165, 1.54) is 0 Å². The Morgan fingerprint density at radius 1 is 1.27 bits per heavy atom. The summed E-state index contributed by atoms with van der Waals surface area (Å²) in [6, 6.07) is 2.33. The van der Waals surface area contributed by atoms with Crippen LogP contribution in [-0.4, -0.2) is 6.54 Å². The Morgan fingerprint density at radius 3 is 2.47 bits per heavy atom. The van der Waals surface area contributed by atoms with E-state index in [1.54, 1.807) is 0 Å². The van der Waals surface area contributed by atoms with E-state index in [-0.39, 0.29) is 18.5 Å². The van der Waals surface area contributed by atoms with Gasteiger partial charge in [-0.3, -0.25) is 11.3 Å². The molecule has 15 heavy (non-hydrogen) atoms. The van der Waals surface area contributed by atoms with Crippen molar-refractivity contribution in [2.24, 2.45) is 5.84 Å². The summed E-state index contributed by atoms with van der Waals surface area (Å²) >= 11 is 0. The minimum Gasteiger partial charge on any atom is -0.271 e. The normalized spacial score (nSPS) is 11.8. The number of alkyl halides is 3. The van der Waals surface area contributed by atoms with Crippen molar-refractivity contribution in [1.82, 2.24) is 5.43 Å². The molecule has 6 heteroatoms. The molecule has 1 aromatic carbocycles. The quantitative estimate of drug-likeness (QED) is 0.465. The van der Waals surface area contributed by atoms with Crippen LogP contribution in [0.1, 0.15) is 11.1 Å². The van der Waals surface area contributed by atoms with Crippen molar-refractivity contribution in [3.63, 3.8) is 0 Å². The van der Waals surface area contributed by atoms with Gasteiger partial charge in [0.05, 0.1) is 5.56 Å². The minimum atomic E-state index is -4.45. The summed E-state index contributed by atoms with van der Waals surface area (Å²) in [5.74, 6) is 4.30. The molecule has 1 aromatic rings. The van der Waals surface area contributed by atoms with E-state index >= 15 is 0 Å². The molecule has 0 spiro atoms. The monoisotopic (exact) mass is 222 g/mol. The molecule has 0 unspecified atom stereocenters. The lowest BCUT2D eigenvalue weighted by Gasteiger charge is -2.09. The lowest BCUT2D eigenvalue weighted by atomic mass is 10.1. The highest BCUT2D eigenvalue weighted by Gasteiger charge is 2.30. The standard InChI is InChI=1S/C9H10F4N2/c10-8-2-1-7(9(11,12)13)5-6(8)3-4-15-14/h1-2,5,15H,3-4,14H2. The first-order valence-electron chi connectivity index (χ1n) is 4.24. The van der Waals surface area contributed by atoms with Crippen molar-refractivity contribution >= 4 is 0 Å². The SMILES string of the molecule is NNCCc1cc(C(F)(F)F)ccc1F. The summed E-state index contributed by atoms with van der Waals surface area (Å²) in [7, 11) is 0. The van der Waals surface area contributed by atoms with Crippen LogP contribution in [0.5, 0.6) is 0 Å². The highest BCUT2D eigenvalue weighted by Crippen LogP contribution is 2.30. The molecule has 2 nitrogen and oxygen atoms in total. The van der Waals surface area contributed by atoms with E-state index in [9.17, 15) is 17.6 Å². The number of hydrogen-bond donors (Lipinski definition) is 2. The Bertz CT molecular complexity index is 335. The third-order valence-electron chi connectivity index (χ3n) is 1.91. The Balaban J connectivity index is 2.95. The Labute approximate surface area is 84.0 Å². The van der Waals surface area contributed by atoms with Crippen molar-refractivity contribution in [3.8, 4) is 0 Å². The highest BCUT2D eigenvalue weighted by atomic mass is 19.4. The van der Waals surface area contributed by atoms with Gasteiger partial charge in [0.2, 0.25) is 0 Å². The largest absolute Gasteiger partial charge is 0.416 e. The Kier molecular flexibility index (Phi) is 3.65. The number of hydrogen-bond acceptors (Lipinski definition) is 2. The van der Waals surface area contributed by atoms with Crippen LogP contribution in [0.25, 0.3) is 0 Å². The van der Waals surface area contributed by atoms with Gasteiger partial charge in [-0.15, -0.1) is 0 Å². The molecule has 0 bridgehead atoms. The molecule has 0 aliphatic carbocycles. The predicted octanol–water partition coefficient (Wildman–Crippen LogP) is 1.85. The van der Waals surface area contributed by atoms with Crippen LogP contribution in [0.2, 0.25) is 0 Å². The molecule has 3 N–H and O–H groups in total. The highest BCUT2D eigenvalue weighted by molar-refractivity contribution is 5.27. The van der Waals surface area contributed by atoms with Gasteiger partial charge in [0.15, 0.2) is 0 Å². The zero-order valence-electron chi connectivity index (χ0n) is 7.74. The van der Waals surface area contributed by atoms with E-state index in [4.69, 9.17) is 5.84 Å². The van der Waals surface area contributed by atoms with Gasteiger partial charge >= 0.3 is 6.18 Å². The third kappa shape index (κ3) is 3.17. The summed E-state index contributed by atoms with van der Waals surface area (Å²) < 4.78 is 49.8. The van der Waals surface area contributed by atoms with Gasteiger partial charge in [0.25, 0.3) is 0 Å². The molecule has 0 saturated heterocycles. The fourth-order valence-corrected chi connectivity index (χ4v) is 1.15. The minimum absolute atomic E-state index is 0.00257. The van der Waals surface area contributed by atoms with E-state index in [0.717, 1.165) is 12.1 Å². The topological polar surface area (TPSA) is 38.0 Å². The first kappa shape index (κ1) is 11.9. The average Bonchev–Trinajstić information content (AvgIpc) is 2.15. The smallest absolute Gasteiger partial charge is 0.271 e. The zero-order chi connectivity index (χ0) is 11.5. The number of halogens is 4. The van der Waals surface area contributed by atoms with Crippen LogP contribution in [0.4, 0.5) is 17.6 Å². The summed E-state index contributed by atoms with van der Waals surface area (Å²) in [5.41, 5.74) is 1.41. The van der Waals surface area contributed by atoms with Gasteiger partial charge in [0.1, 0.15) is 5.82 Å². The molecular weight excluding hydrogens is 212 g/mol. The van der Waals surface area contributed by atoms with E-state index in [1.807, 2.05) is 0 Å². The summed E-state index contributed by atoms with van der Waals surface area (Å²) in [6.45, 7) is 0.220. The van der Waals surface area contributed by atoms with Crippen molar-refractivity contribution in [2.75, 3.05) is 6.54 Å². The average molecular weight is 222 g/mol. The second kappa shape index (κ2) is 4.59. The van der Waals surface area contributed by atoms with E-state index < -0.39 is 17.6 Å². The Hall–Kier alpha value is -1.14. The third-order valence-corrected chi connectivity index (χ3v) is 1.91. The molecule has 0 saturated carbocycles. The molecule has 0 atom stereocenters. The van der Waals surface area contributed by atoms with Crippen LogP contribution in [0.3, 0.4) is 0 Å². The molecule has 1 rings (SSSR count). The Morgan fingerprint density at radius 2 is 1.93 bits per heavy atom. The van der Waals surface area contributed by atoms with Crippen LogP contribution in [-0.2, 0) is 12.6 Å². The lowest BCUT2D eigenvalue weighted by Crippen LogP contribution is -2.24. The molecule has 0 heterocycles. The maximum atomic E-state index is 13.0. The second-order valence-electron chi connectivity index (χ2n) is 3.01. The zero-order valence-corrected chi connectivity index (χ0v) is 7.74. The van der Waals surface area contributed by atoms with Crippen molar-refractivity contribution in [1.29, 1.82) is 0 Å². The fourth-order valence-electron chi connectivity index (χ4n) is 1.15. The number of benzene rings is 1. The van der Waals surface area contributed by atoms with Crippen LogP contribution < -0.4 is 11.3 Å². The predicted molar refractivity (Wildman–Crippen MR) is 47.3 cm³/mol. The van der Waals surface area contributed by atoms with Crippen LogP contribution in [0.15, 0.2) is 18.2 Å². The van der Waals surface area contributed by atoms with Gasteiger partial charge in [-0.05, 0) is 30.2 Å². The molecule has 84 valence electrons. The first-order valence-corrected chi connectivity index (χ1v) is 4.24. The number of nitrogens with one attached hydrogen (secondary N) is 1. The van der Waals surface area contributed by atoms with E-state index in [0.29, 0.717) is 6.07 Å². The van der Waals surface area contributed by atoms with Gasteiger partial charge in [-0.2, -0.15) is 13.2 Å². The molecule has 0 aliphatic heterocycles. The van der Waals surface area contributed by atoms with Crippen LogP contribution in [0, 0.1) is 5.82 Å². The summed E-state index contributed by atoms with van der Waals surface area (Å²) in [5, 5.41) is 0. The van der Waals surface area contributed by atoms with Crippen molar-refractivity contribution in [3.05, 3.63) is 35.1 Å². The molecular formula is C9H10F4N2. The van der Waals surface area contributed by atoms with Crippen LogP contribution >= 0.6 is 0 Å². The molecule has 0 aliphatic rings. The molecule has 0 fully saturated rings. The first-order chi connectivity index (χ1) is 6.95. The maximum absolute atomic E-state index is 13.0. The molecule has 0 amide bonds. The summed E-state index contributed by atoms with van der Waals surface area (Å²) in [4.78, 5) is 0. The van der Waals surface area contributed by atoms with Gasteiger partial charge in [-0.25, -0.2) is 4.39 Å². The second-order valence-corrected chi connectivity index (χ2v) is 3.01. The van der Waals surface area contributed by atoms with Gasteiger partial charge in [0, 0.05) is 6.54 Å². The fraction of sp³-hybridized carbons (Fsp3) is 0.333. The van der Waals surface area contributed by atoms with Crippen molar-refractivity contribution < 1.29 is 17.6 Å². The van der Waals surface area contributed by atoms with Gasteiger partial charge < -0.3 is 0 Å². The number of hydrazine groups is 1. The molecule has 0 aromatic heterocycles. The number of rotatable bonds is 3. The number of nitrogens with two attached hydrogens (primary N) is 1. The van der Waals surface area contributed by atoms with Gasteiger partial charge in [-0.1, -0.05) is 0 Å². The lowest BCUT2D eigenvalue weighted by molar-refractivity contribution is -0.137. The molecule has 0 radical (unpaired) electrons. The van der Waals surface area contributed by atoms with Crippen molar-refractivity contribution in [2.45, 2.75) is 12.6 Å². The maximum Gasteiger partial charge on any atom is 0.416 e. The van der Waals surface area contributed by atoms with E-state index in [2.05, 4.69) is 5.43 Å².